The van der Waals surface area contributed by atoms with E-state index in [0.29, 0.717) is 18.1 Å². The van der Waals surface area contributed by atoms with Gasteiger partial charge in [0.25, 0.3) is 0 Å². The van der Waals surface area contributed by atoms with Crippen LogP contribution in [-0.2, 0) is 11.2 Å². The number of carbonyl (C=O) groups is 1. The summed E-state index contributed by atoms with van der Waals surface area (Å²) < 4.78 is 0.264. The highest BCUT2D eigenvalue weighted by Crippen LogP contribution is 2.41. The van der Waals surface area contributed by atoms with Crippen molar-refractivity contribution >= 4 is 28.6 Å². The van der Waals surface area contributed by atoms with Gasteiger partial charge >= 0.3 is 5.97 Å². The van der Waals surface area contributed by atoms with Gasteiger partial charge in [-0.3, -0.25) is 4.79 Å². The Morgan fingerprint density at radius 1 is 1.18 bits per heavy atom. The summed E-state index contributed by atoms with van der Waals surface area (Å²) in [7, 11) is 0. The summed E-state index contributed by atoms with van der Waals surface area (Å²) >= 11 is 2.38. The highest BCUT2D eigenvalue weighted by molar-refractivity contribution is 14.1. The van der Waals surface area contributed by atoms with Gasteiger partial charge in [-0.15, -0.1) is 0 Å². The minimum absolute atomic E-state index is 0.130. The van der Waals surface area contributed by atoms with E-state index in [1.54, 1.807) is 0 Å². The zero-order valence-electron chi connectivity index (χ0n) is 13.7. The molecule has 2 N–H and O–H groups in total. The van der Waals surface area contributed by atoms with Crippen LogP contribution in [0, 0.1) is 0 Å². The zero-order chi connectivity index (χ0) is 16.7. The molecule has 0 aliphatic heterocycles. The molecular weight excluding hydrogens is 391 g/mol. The van der Waals surface area contributed by atoms with Gasteiger partial charge in [-0.25, -0.2) is 0 Å². The molecule has 124 valence electrons. The Hall–Kier alpha value is -0.780. The zero-order valence-corrected chi connectivity index (χ0v) is 15.9. The second-order valence-electron chi connectivity index (χ2n) is 5.96. The number of aromatic hydroxyl groups is 1. The lowest BCUT2D eigenvalue weighted by Gasteiger charge is -2.20. The molecule has 0 aromatic heterocycles. The fourth-order valence-electron chi connectivity index (χ4n) is 2.75. The van der Waals surface area contributed by atoms with E-state index >= 15 is 0 Å². The van der Waals surface area contributed by atoms with Crippen LogP contribution < -0.4 is 0 Å². The van der Waals surface area contributed by atoms with E-state index in [9.17, 15) is 9.90 Å². The highest BCUT2D eigenvalue weighted by atomic mass is 127. The first-order valence-corrected chi connectivity index (χ1v) is 9.36. The standard InChI is InChI=1S/C18H27IO3/c1-4-6-12(3)14-10-13(8-9-17(20)21)11-15(18(14)22)16(19)7-5-2/h10-12,16,22H,4-9H2,1-3H3,(H,20,21). The van der Waals surface area contributed by atoms with Crippen LogP contribution in [0.5, 0.6) is 5.75 Å². The number of benzene rings is 1. The van der Waals surface area contributed by atoms with E-state index in [2.05, 4.69) is 43.4 Å². The topological polar surface area (TPSA) is 57.5 Å². The molecule has 0 spiro atoms. The maximum atomic E-state index is 10.8. The highest BCUT2D eigenvalue weighted by Gasteiger charge is 2.19. The van der Waals surface area contributed by atoms with Gasteiger partial charge in [-0.1, -0.05) is 68.3 Å². The summed E-state index contributed by atoms with van der Waals surface area (Å²) in [6, 6.07) is 3.99. The van der Waals surface area contributed by atoms with Crippen molar-refractivity contribution in [3.05, 3.63) is 28.8 Å². The first-order chi connectivity index (χ1) is 10.4. The van der Waals surface area contributed by atoms with Crippen molar-refractivity contribution in [1.29, 1.82) is 0 Å². The van der Waals surface area contributed by atoms with E-state index in [0.717, 1.165) is 42.4 Å². The molecule has 0 saturated heterocycles. The summed E-state index contributed by atoms with van der Waals surface area (Å²) in [6.07, 6.45) is 4.81. The van der Waals surface area contributed by atoms with E-state index in [1.807, 2.05) is 12.1 Å². The largest absolute Gasteiger partial charge is 0.507 e. The molecule has 0 saturated carbocycles. The fourth-order valence-corrected chi connectivity index (χ4v) is 3.85. The molecule has 0 heterocycles. The minimum atomic E-state index is -0.780. The quantitative estimate of drug-likeness (QED) is 0.406. The van der Waals surface area contributed by atoms with Gasteiger partial charge in [0.05, 0.1) is 0 Å². The second kappa shape index (κ2) is 9.38. The Morgan fingerprint density at radius 2 is 1.77 bits per heavy atom. The van der Waals surface area contributed by atoms with E-state index in [-0.39, 0.29) is 10.3 Å². The van der Waals surface area contributed by atoms with Crippen molar-refractivity contribution in [2.45, 2.75) is 69.1 Å². The lowest BCUT2D eigenvalue weighted by Crippen LogP contribution is -2.03. The van der Waals surface area contributed by atoms with Crippen LogP contribution >= 0.6 is 22.6 Å². The number of phenolic OH excluding ortho intramolecular Hbond substituents is 1. The normalized spacial score (nSPS) is 13.8. The Kier molecular flexibility index (Phi) is 8.21. The SMILES string of the molecule is CCCC(C)c1cc(CCC(=O)O)cc(C(I)CCC)c1O. The third-order valence-corrected chi connectivity index (χ3v) is 5.28. The molecule has 0 amide bonds. The van der Waals surface area contributed by atoms with Gasteiger partial charge in [0.2, 0.25) is 0 Å². The van der Waals surface area contributed by atoms with Crippen LogP contribution in [0.2, 0.25) is 0 Å². The second-order valence-corrected chi connectivity index (χ2v) is 7.47. The number of aryl methyl sites for hydroxylation is 1. The monoisotopic (exact) mass is 418 g/mol. The summed E-state index contributed by atoms with van der Waals surface area (Å²) in [6.45, 7) is 6.41. The van der Waals surface area contributed by atoms with Gasteiger partial charge in [-0.2, -0.15) is 0 Å². The van der Waals surface area contributed by atoms with Gasteiger partial charge in [-0.05, 0) is 36.3 Å². The van der Waals surface area contributed by atoms with Gasteiger partial charge < -0.3 is 10.2 Å². The number of carboxylic acid groups (broad SMARTS) is 1. The van der Waals surface area contributed by atoms with Crippen LogP contribution in [0.3, 0.4) is 0 Å². The maximum Gasteiger partial charge on any atom is 0.303 e. The number of hydrogen-bond acceptors (Lipinski definition) is 2. The number of carboxylic acids is 1. The van der Waals surface area contributed by atoms with Crippen molar-refractivity contribution in [3.63, 3.8) is 0 Å². The first-order valence-electron chi connectivity index (χ1n) is 8.12. The minimum Gasteiger partial charge on any atom is -0.507 e. The predicted molar refractivity (Wildman–Crippen MR) is 99.1 cm³/mol. The molecule has 1 aromatic carbocycles. The lowest BCUT2D eigenvalue weighted by molar-refractivity contribution is -0.136. The number of phenols is 1. The molecule has 0 radical (unpaired) electrons. The van der Waals surface area contributed by atoms with Crippen molar-refractivity contribution in [1.82, 2.24) is 0 Å². The maximum absolute atomic E-state index is 10.8. The summed E-state index contributed by atoms with van der Waals surface area (Å²) in [5.74, 6) is -0.0796. The molecule has 0 bridgehead atoms. The van der Waals surface area contributed by atoms with E-state index in [1.165, 1.54) is 0 Å². The van der Waals surface area contributed by atoms with E-state index in [4.69, 9.17) is 5.11 Å². The number of hydrogen-bond donors (Lipinski definition) is 2. The van der Waals surface area contributed by atoms with Crippen molar-refractivity contribution < 1.29 is 15.0 Å². The predicted octanol–water partition coefficient (Wildman–Crippen LogP) is 5.59. The summed E-state index contributed by atoms with van der Waals surface area (Å²) in [4.78, 5) is 10.8. The van der Waals surface area contributed by atoms with Crippen molar-refractivity contribution in [3.8, 4) is 5.75 Å². The van der Waals surface area contributed by atoms with Crippen LogP contribution in [-0.4, -0.2) is 16.2 Å². The number of rotatable bonds is 9. The Labute approximate surface area is 147 Å². The van der Waals surface area contributed by atoms with Crippen LogP contribution in [0.1, 0.15) is 79.4 Å². The Bertz CT molecular complexity index is 466. The summed E-state index contributed by atoms with van der Waals surface area (Å²) in [5.41, 5.74) is 2.95. The van der Waals surface area contributed by atoms with E-state index < -0.39 is 5.97 Å². The molecule has 2 atom stereocenters. The van der Waals surface area contributed by atoms with Crippen molar-refractivity contribution in [2.75, 3.05) is 0 Å². The third-order valence-electron chi connectivity index (χ3n) is 3.99. The molecular formula is C18H27IO3. The Morgan fingerprint density at radius 3 is 2.32 bits per heavy atom. The van der Waals surface area contributed by atoms with Crippen molar-refractivity contribution in [2.24, 2.45) is 0 Å². The molecule has 0 aliphatic rings. The van der Waals surface area contributed by atoms with Crippen LogP contribution in [0.25, 0.3) is 0 Å². The Balaban J connectivity index is 3.20. The first kappa shape index (κ1) is 19.3. The molecule has 1 aromatic rings. The molecule has 3 nitrogen and oxygen atoms in total. The van der Waals surface area contributed by atoms with Gasteiger partial charge in [0, 0.05) is 15.9 Å². The molecule has 0 fully saturated rings. The van der Waals surface area contributed by atoms with Gasteiger partial charge in [0.15, 0.2) is 0 Å². The number of alkyl halides is 1. The summed E-state index contributed by atoms with van der Waals surface area (Å²) in [5, 5.41) is 19.6. The third kappa shape index (κ3) is 5.45. The van der Waals surface area contributed by atoms with Crippen LogP contribution in [0.15, 0.2) is 12.1 Å². The number of halogens is 1. The molecule has 2 unspecified atom stereocenters. The fraction of sp³-hybridized carbons (Fsp3) is 0.611. The molecule has 0 aliphatic carbocycles. The molecule has 4 heteroatoms. The lowest BCUT2D eigenvalue weighted by atomic mass is 9.89. The molecule has 22 heavy (non-hydrogen) atoms. The molecule has 1 rings (SSSR count). The number of aliphatic carboxylic acids is 1. The smallest absolute Gasteiger partial charge is 0.303 e. The van der Waals surface area contributed by atoms with Crippen LogP contribution in [0.4, 0.5) is 0 Å². The average Bonchev–Trinajstić information content (AvgIpc) is 2.46. The van der Waals surface area contributed by atoms with Gasteiger partial charge in [0.1, 0.15) is 5.75 Å². The average molecular weight is 418 g/mol.